The van der Waals surface area contributed by atoms with Gasteiger partial charge in [-0.3, -0.25) is 4.79 Å². The third-order valence-corrected chi connectivity index (χ3v) is 2.55. The normalized spacial score (nSPS) is 20.8. The molecule has 1 aromatic carbocycles. The summed E-state index contributed by atoms with van der Waals surface area (Å²) in [6, 6.07) is 1.97. The Morgan fingerprint density at radius 2 is 2.00 bits per heavy atom. The maximum Gasteiger partial charge on any atom is 0.163 e. The summed E-state index contributed by atoms with van der Waals surface area (Å²) in [6.07, 6.45) is 0.906. The van der Waals surface area contributed by atoms with E-state index in [0.29, 0.717) is 18.4 Å². The van der Waals surface area contributed by atoms with Crippen molar-refractivity contribution >= 4 is 5.78 Å². The third kappa shape index (κ3) is 1.43. The molecule has 1 aromatic rings. The molecule has 14 heavy (non-hydrogen) atoms. The van der Waals surface area contributed by atoms with Crippen LogP contribution in [-0.4, -0.2) is 5.78 Å². The molecule has 3 heteroatoms. The van der Waals surface area contributed by atoms with Gasteiger partial charge in [0.05, 0.1) is 0 Å². The molecule has 0 aromatic heterocycles. The highest BCUT2D eigenvalue weighted by Gasteiger charge is 2.25. The van der Waals surface area contributed by atoms with Crippen LogP contribution in [0.4, 0.5) is 8.78 Å². The van der Waals surface area contributed by atoms with E-state index in [1.54, 1.807) is 0 Å². The average molecular weight is 196 g/mol. The first-order valence-electron chi connectivity index (χ1n) is 4.59. The lowest BCUT2D eigenvalue weighted by Crippen LogP contribution is -2.19. The van der Waals surface area contributed by atoms with Crippen LogP contribution >= 0.6 is 0 Å². The Balaban J connectivity index is 2.59. The first-order chi connectivity index (χ1) is 6.58. The maximum absolute atomic E-state index is 13.3. The van der Waals surface area contributed by atoms with Gasteiger partial charge in [-0.2, -0.15) is 0 Å². The maximum atomic E-state index is 13.3. The van der Waals surface area contributed by atoms with E-state index in [0.717, 1.165) is 12.1 Å². The van der Waals surface area contributed by atoms with Gasteiger partial charge in [-0.05, 0) is 24.0 Å². The van der Waals surface area contributed by atoms with E-state index < -0.39 is 11.6 Å². The summed E-state index contributed by atoms with van der Waals surface area (Å²) in [5.74, 6) is -1.28. The largest absolute Gasteiger partial charge is 0.294 e. The summed E-state index contributed by atoms with van der Waals surface area (Å²) in [6.45, 7) is 1.89. The van der Waals surface area contributed by atoms with Crippen molar-refractivity contribution in [2.45, 2.75) is 19.8 Å². The molecule has 0 aliphatic heterocycles. The fourth-order valence-corrected chi connectivity index (χ4v) is 1.91. The standard InChI is InChI=1S/C11H10F2O/c1-6-2-8-9(11(14)3-6)4-7(12)5-10(8)13/h4-6H,2-3H2,1H3. The van der Waals surface area contributed by atoms with Crippen LogP contribution in [0, 0.1) is 17.6 Å². The number of carbonyl (C=O) groups is 1. The number of halogens is 2. The van der Waals surface area contributed by atoms with Crippen molar-refractivity contribution in [3.8, 4) is 0 Å². The van der Waals surface area contributed by atoms with Gasteiger partial charge in [0.25, 0.3) is 0 Å². The first kappa shape index (κ1) is 9.31. The molecule has 0 radical (unpaired) electrons. The van der Waals surface area contributed by atoms with Crippen LogP contribution in [0.2, 0.25) is 0 Å². The fourth-order valence-electron chi connectivity index (χ4n) is 1.91. The second kappa shape index (κ2) is 3.15. The molecule has 0 bridgehead atoms. The SMILES string of the molecule is CC1CC(=O)c2cc(F)cc(F)c2C1. The van der Waals surface area contributed by atoms with Crippen LogP contribution in [-0.2, 0) is 6.42 Å². The molecule has 0 fully saturated rings. The number of hydrogen-bond donors (Lipinski definition) is 0. The van der Waals surface area contributed by atoms with Crippen LogP contribution in [0.25, 0.3) is 0 Å². The molecule has 1 atom stereocenters. The van der Waals surface area contributed by atoms with Gasteiger partial charge in [0.15, 0.2) is 5.78 Å². The van der Waals surface area contributed by atoms with E-state index in [4.69, 9.17) is 0 Å². The van der Waals surface area contributed by atoms with Crippen molar-refractivity contribution in [1.29, 1.82) is 0 Å². The van der Waals surface area contributed by atoms with Gasteiger partial charge in [-0.1, -0.05) is 6.92 Å². The van der Waals surface area contributed by atoms with Crippen LogP contribution < -0.4 is 0 Å². The zero-order valence-corrected chi connectivity index (χ0v) is 7.81. The summed E-state index contributed by atoms with van der Waals surface area (Å²) >= 11 is 0. The smallest absolute Gasteiger partial charge is 0.163 e. The molecule has 0 amide bonds. The van der Waals surface area contributed by atoms with Crippen molar-refractivity contribution in [2.75, 3.05) is 0 Å². The lowest BCUT2D eigenvalue weighted by molar-refractivity contribution is 0.0951. The Hall–Kier alpha value is -1.25. The zero-order valence-electron chi connectivity index (χ0n) is 7.81. The van der Waals surface area contributed by atoms with Gasteiger partial charge in [0.2, 0.25) is 0 Å². The van der Waals surface area contributed by atoms with Gasteiger partial charge in [0.1, 0.15) is 11.6 Å². The van der Waals surface area contributed by atoms with Crippen molar-refractivity contribution < 1.29 is 13.6 Å². The molecule has 1 aliphatic carbocycles. The first-order valence-corrected chi connectivity index (χ1v) is 4.59. The molecule has 0 saturated carbocycles. The minimum Gasteiger partial charge on any atom is -0.294 e. The van der Waals surface area contributed by atoms with Gasteiger partial charge in [-0.15, -0.1) is 0 Å². The topological polar surface area (TPSA) is 17.1 Å². The molecule has 1 unspecified atom stereocenters. The molecule has 2 rings (SSSR count). The molecule has 0 N–H and O–H groups in total. The minimum absolute atomic E-state index is 0.148. The highest BCUT2D eigenvalue weighted by Crippen LogP contribution is 2.27. The number of ketones is 1. The number of benzene rings is 1. The summed E-state index contributed by atoms with van der Waals surface area (Å²) in [5, 5.41) is 0. The second-order valence-corrected chi connectivity index (χ2v) is 3.85. The lowest BCUT2D eigenvalue weighted by Gasteiger charge is -2.20. The van der Waals surface area contributed by atoms with Gasteiger partial charge < -0.3 is 0 Å². The van der Waals surface area contributed by atoms with E-state index in [9.17, 15) is 13.6 Å². The van der Waals surface area contributed by atoms with Crippen LogP contribution in [0.3, 0.4) is 0 Å². The summed E-state index contributed by atoms with van der Waals surface area (Å²) in [7, 11) is 0. The molecule has 1 aliphatic rings. The van der Waals surface area contributed by atoms with Crippen molar-refractivity contribution in [2.24, 2.45) is 5.92 Å². The monoisotopic (exact) mass is 196 g/mol. The molecule has 1 nitrogen and oxygen atoms in total. The summed E-state index contributed by atoms with van der Waals surface area (Å²) in [5.41, 5.74) is 0.593. The Labute approximate surface area is 80.7 Å². The Kier molecular flexibility index (Phi) is 2.10. The number of fused-ring (bicyclic) bond motifs is 1. The molecule has 0 spiro atoms. The molecule has 74 valence electrons. The van der Waals surface area contributed by atoms with Crippen LogP contribution in [0.1, 0.15) is 29.3 Å². The number of carbonyl (C=O) groups excluding carboxylic acids is 1. The van der Waals surface area contributed by atoms with Crippen molar-refractivity contribution in [1.82, 2.24) is 0 Å². The molecule has 0 saturated heterocycles. The Morgan fingerprint density at radius 3 is 2.71 bits per heavy atom. The third-order valence-electron chi connectivity index (χ3n) is 2.55. The van der Waals surface area contributed by atoms with Crippen LogP contribution in [0.5, 0.6) is 0 Å². The van der Waals surface area contributed by atoms with Gasteiger partial charge >= 0.3 is 0 Å². The predicted molar refractivity (Wildman–Crippen MR) is 48.2 cm³/mol. The fraction of sp³-hybridized carbons (Fsp3) is 0.364. The highest BCUT2D eigenvalue weighted by atomic mass is 19.1. The average Bonchev–Trinajstić information content (AvgIpc) is 2.07. The highest BCUT2D eigenvalue weighted by molar-refractivity contribution is 5.98. The van der Waals surface area contributed by atoms with Crippen molar-refractivity contribution in [3.63, 3.8) is 0 Å². The number of rotatable bonds is 0. The van der Waals surface area contributed by atoms with E-state index in [2.05, 4.69) is 0 Å². The Bertz CT molecular complexity index is 399. The van der Waals surface area contributed by atoms with Crippen LogP contribution in [0.15, 0.2) is 12.1 Å². The minimum atomic E-state index is -0.677. The number of hydrogen-bond acceptors (Lipinski definition) is 1. The molecule has 0 heterocycles. The van der Waals surface area contributed by atoms with E-state index in [1.165, 1.54) is 0 Å². The summed E-state index contributed by atoms with van der Waals surface area (Å²) in [4.78, 5) is 11.5. The van der Waals surface area contributed by atoms with Crippen molar-refractivity contribution in [3.05, 3.63) is 34.9 Å². The molecular weight excluding hydrogens is 186 g/mol. The van der Waals surface area contributed by atoms with Gasteiger partial charge in [-0.25, -0.2) is 8.78 Å². The number of Topliss-reactive ketones (excluding diaryl/α,β-unsaturated/α-hetero) is 1. The van der Waals surface area contributed by atoms with Gasteiger partial charge in [0, 0.05) is 18.1 Å². The Morgan fingerprint density at radius 1 is 1.29 bits per heavy atom. The predicted octanol–water partition coefficient (Wildman–Crippen LogP) is 2.73. The second-order valence-electron chi connectivity index (χ2n) is 3.85. The molecular formula is C11H10F2O. The quantitative estimate of drug-likeness (QED) is 0.623. The van der Waals surface area contributed by atoms with E-state index in [1.807, 2.05) is 6.92 Å². The van der Waals surface area contributed by atoms with E-state index in [-0.39, 0.29) is 17.3 Å². The lowest BCUT2D eigenvalue weighted by atomic mass is 9.84. The summed E-state index contributed by atoms with van der Waals surface area (Å²) < 4.78 is 26.1. The zero-order chi connectivity index (χ0) is 10.3. The van der Waals surface area contributed by atoms with E-state index >= 15 is 0 Å².